The smallest absolute Gasteiger partial charge is 0.408 e. The molecule has 0 aliphatic rings. The molecule has 13 heteroatoms. The number of amides is 3. The van der Waals surface area contributed by atoms with Gasteiger partial charge in [-0.1, -0.05) is 60.7 Å². The number of carbonyl (C=O) groups is 4. The standard InChI is InChI=1S/C28H39N7O6/c29-15-7-13-21(35-28(40)41-18-20-11-5-2-6-12-20)24(36)34-23(17-19-9-3-1-4-10-19)25(37)33-22(26(38)39)14-8-16-32-27(30)31/h1-6,9-12,21-23H,7-8,13-18,29H2,(H,33,37)(H,34,36)(H,35,40)(H,38,39)(H4,30,31,32)/t21-,22+,23+/m1/s1. The number of carboxylic acid groups (broad SMARTS) is 1. The third kappa shape index (κ3) is 12.8. The topological polar surface area (TPSA) is 224 Å². The first-order valence-electron chi connectivity index (χ1n) is 13.3. The first-order chi connectivity index (χ1) is 19.7. The Labute approximate surface area is 238 Å². The van der Waals surface area contributed by atoms with E-state index in [2.05, 4.69) is 20.9 Å². The molecule has 0 aromatic heterocycles. The molecule has 0 unspecified atom stereocenters. The van der Waals surface area contributed by atoms with Crippen molar-refractivity contribution in [2.45, 2.75) is 56.8 Å². The Morgan fingerprint density at radius 3 is 1.93 bits per heavy atom. The molecule has 10 N–H and O–H groups in total. The lowest BCUT2D eigenvalue weighted by atomic mass is 10.0. The molecule has 13 nitrogen and oxygen atoms in total. The zero-order valence-electron chi connectivity index (χ0n) is 22.8. The number of ether oxygens (including phenoxy) is 1. The maximum absolute atomic E-state index is 13.3. The van der Waals surface area contributed by atoms with Gasteiger partial charge in [0.2, 0.25) is 11.8 Å². The van der Waals surface area contributed by atoms with Crippen molar-refractivity contribution in [1.29, 1.82) is 0 Å². The van der Waals surface area contributed by atoms with E-state index in [-0.39, 0.29) is 44.9 Å². The summed E-state index contributed by atoms with van der Waals surface area (Å²) in [6, 6.07) is 14.6. The maximum Gasteiger partial charge on any atom is 0.408 e. The quantitative estimate of drug-likeness (QED) is 0.0792. The molecule has 222 valence electrons. The summed E-state index contributed by atoms with van der Waals surface area (Å²) >= 11 is 0. The Morgan fingerprint density at radius 2 is 1.34 bits per heavy atom. The third-order valence-corrected chi connectivity index (χ3v) is 5.99. The minimum Gasteiger partial charge on any atom is -0.480 e. The van der Waals surface area contributed by atoms with E-state index in [0.717, 1.165) is 11.1 Å². The molecular formula is C28H39N7O6. The van der Waals surface area contributed by atoms with Crippen LogP contribution >= 0.6 is 0 Å². The third-order valence-electron chi connectivity index (χ3n) is 5.99. The summed E-state index contributed by atoms with van der Waals surface area (Å²) in [5.41, 5.74) is 17.7. The number of carbonyl (C=O) groups excluding carboxylic acids is 3. The fourth-order valence-corrected chi connectivity index (χ4v) is 3.86. The van der Waals surface area contributed by atoms with Gasteiger partial charge in [0.15, 0.2) is 5.96 Å². The van der Waals surface area contributed by atoms with Crippen molar-refractivity contribution >= 4 is 29.8 Å². The van der Waals surface area contributed by atoms with Crippen molar-refractivity contribution in [3.05, 3.63) is 71.8 Å². The van der Waals surface area contributed by atoms with Crippen LogP contribution in [-0.4, -0.2) is 66.2 Å². The van der Waals surface area contributed by atoms with Crippen molar-refractivity contribution in [3.63, 3.8) is 0 Å². The van der Waals surface area contributed by atoms with Crippen LogP contribution in [0, 0.1) is 0 Å². The Bertz CT molecular complexity index is 1140. The molecule has 3 amide bonds. The van der Waals surface area contributed by atoms with Crippen LogP contribution in [0.25, 0.3) is 0 Å². The largest absolute Gasteiger partial charge is 0.480 e. The van der Waals surface area contributed by atoms with Gasteiger partial charge in [-0.25, -0.2) is 9.59 Å². The molecule has 0 spiro atoms. The second-order valence-electron chi connectivity index (χ2n) is 9.29. The summed E-state index contributed by atoms with van der Waals surface area (Å²) in [5.74, 6) is -2.68. The van der Waals surface area contributed by atoms with Gasteiger partial charge < -0.3 is 43.0 Å². The first kappa shape index (κ1) is 32.6. The SMILES string of the molecule is NCCC[C@@H](NC(=O)OCc1ccccc1)C(=O)N[C@@H](Cc1ccccc1)C(=O)N[C@@H](CCCN=C(N)N)C(=O)O. The number of aliphatic imine (C=N–C) groups is 1. The van der Waals surface area contributed by atoms with Gasteiger partial charge >= 0.3 is 12.1 Å². The van der Waals surface area contributed by atoms with Gasteiger partial charge in [-0.3, -0.25) is 14.6 Å². The Morgan fingerprint density at radius 1 is 0.780 bits per heavy atom. The van der Waals surface area contributed by atoms with Crippen molar-refractivity contribution in [2.24, 2.45) is 22.2 Å². The highest BCUT2D eigenvalue weighted by Crippen LogP contribution is 2.08. The molecule has 0 bridgehead atoms. The molecule has 2 rings (SSSR count). The number of aliphatic carboxylic acids is 1. The number of nitrogens with zero attached hydrogens (tertiary/aromatic N) is 1. The number of guanidine groups is 1. The number of alkyl carbamates (subject to hydrolysis) is 1. The van der Waals surface area contributed by atoms with Crippen molar-refractivity contribution in [2.75, 3.05) is 13.1 Å². The van der Waals surface area contributed by atoms with Gasteiger partial charge in [0.05, 0.1) is 0 Å². The molecule has 0 saturated heterocycles. The monoisotopic (exact) mass is 569 g/mol. The molecule has 0 aliphatic heterocycles. The second kappa shape index (κ2) is 17.8. The lowest BCUT2D eigenvalue weighted by Crippen LogP contribution is -2.56. The number of nitrogens with one attached hydrogen (secondary N) is 3. The molecule has 2 aromatic rings. The molecule has 0 saturated carbocycles. The highest BCUT2D eigenvalue weighted by molar-refractivity contribution is 5.93. The van der Waals surface area contributed by atoms with Gasteiger partial charge in [-0.2, -0.15) is 0 Å². The number of nitrogens with two attached hydrogens (primary N) is 3. The first-order valence-corrected chi connectivity index (χ1v) is 13.3. The molecule has 41 heavy (non-hydrogen) atoms. The Kier molecular flexibility index (Phi) is 14.2. The predicted octanol–water partition coefficient (Wildman–Crippen LogP) is 0.371. The number of rotatable bonds is 17. The van der Waals surface area contributed by atoms with Crippen LogP contribution in [-0.2, 0) is 32.1 Å². The lowest BCUT2D eigenvalue weighted by molar-refractivity contribution is -0.142. The van der Waals surface area contributed by atoms with Crippen molar-refractivity contribution in [3.8, 4) is 0 Å². The van der Waals surface area contributed by atoms with E-state index in [9.17, 15) is 24.3 Å². The minimum absolute atomic E-state index is 0.0106. The second-order valence-corrected chi connectivity index (χ2v) is 9.29. The summed E-state index contributed by atoms with van der Waals surface area (Å²) in [4.78, 5) is 54.7. The van der Waals surface area contributed by atoms with Gasteiger partial charge in [0.1, 0.15) is 24.7 Å². The van der Waals surface area contributed by atoms with Crippen LogP contribution < -0.4 is 33.2 Å². The average Bonchev–Trinajstić information content (AvgIpc) is 2.96. The molecule has 2 aromatic carbocycles. The fourth-order valence-electron chi connectivity index (χ4n) is 3.86. The molecule has 0 aliphatic carbocycles. The van der Waals surface area contributed by atoms with Gasteiger partial charge in [-0.05, 0) is 43.4 Å². The van der Waals surface area contributed by atoms with E-state index in [0.29, 0.717) is 12.8 Å². The number of hydrogen-bond acceptors (Lipinski definition) is 7. The Hall–Kier alpha value is -4.65. The van der Waals surface area contributed by atoms with Gasteiger partial charge in [0.25, 0.3) is 0 Å². The predicted molar refractivity (Wildman–Crippen MR) is 153 cm³/mol. The van der Waals surface area contributed by atoms with E-state index in [1.165, 1.54) is 0 Å². The lowest BCUT2D eigenvalue weighted by Gasteiger charge is -2.24. The van der Waals surface area contributed by atoms with Crippen molar-refractivity contribution < 1.29 is 29.0 Å². The summed E-state index contributed by atoms with van der Waals surface area (Å²) in [5, 5.41) is 17.4. The molecule has 0 fully saturated rings. The van der Waals surface area contributed by atoms with Crippen LogP contribution in [0.1, 0.15) is 36.8 Å². The summed E-state index contributed by atoms with van der Waals surface area (Å²) in [6.07, 6.45) is 0.274. The van der Waals surface area contributed by atoms with E-state index in [1.807, 2.05) is 24.3 Å². The van der Waals surface area contributed by atoms with Crippen LogP contribution in [0.3, 0.4) is 0 Å². The number of benzene rings is 2. The highest BCUT2D eigenvalue weighted by atomic mass is 16.5. The van der Waals surface area contributed by atoms with Crippen LogP contribution in [0.2, 0.25) is 0 Å². The fraction of sp³-hybridized carbons (Fsp3) is 0.393. The number of carboxylic acids is 1. The van der Waals surface area contributed by atoms with Crippen LogP contribution in [0.5, 0.6) is 0 Å². The van der Waals surface area contributed by atoms with Crippen LogP contribution in [0.15, 0.2) is 65.7 Å². The minimum atomic E-state index is -1.24. The van der Waals surface area contributed by atoms with Gasteiger partial charge in [0, 0.05) is 13.0 Å². The molecule has 3 atom stereocenters. The average molecular weight is 570 g/mol. The van der Waals surface area contributed by atoms with E-state index >= 15 is 0 Å². The molecular weight excluding hydrogens is 530 g/mol. The van der Waals surface area contributed by atoms with E-state index in [4.69, 9.17) is 21.9 Å². The summed E-state index contributed by atoms with van der Waals surface area (Å²) in [6.45, 7) is 0.482. The van der Waals surface area contributed by atoms with Crippen molar-refractivity contribution in [1.82, 2.24) is 16.0 Å². The zero-order valence-corrected chi connectivity index (χ0v) is 22.8. The zero-order chi connectivity index (χ0) is 30.0. The summed E-state index contributed by atoms with van der Waals surface area (Å²) < 4.78 is 5.25. The molecule has 0 heterocycles. The Balaban J connectivity index is 2.12. The van der Waals surface area contributed by atoms with E-state index < -0.39 is 42.0 Å². The summed E-state index contributed by atoms with van der Waals surface area (Å²) in [7, 11) is 0. The normalized spacial score (nSPS) is 12.7. The van der Waals surface area contributed by atoms with E-state index in [1.54, 1.807) is 36.4 Å². The highest BCUT2D eigenvalue weighted by Gasteiger charge is 2.29. The number of hydrogen-bond donors (Lipinski definition) is 7. The van der Waals surface area contributed by atoms with Gasteiger partial charge in [-0.15, -0.1) is 0 Å². The van der Waals surface area contributed by atoms with Crippen LogP contribution in [0.4, 0.5) is 4.79 Å². The molecule has 0 radical (unpaired) electrons. The maximum atomic E-state index is 13.3.